The number of hydrogen-bond donors (Lipinski definition) is 1. The highest BCUT2D eigenvalue weighted by Crippen LogP contribution is 2.28. The number of ether oxygens (including phenoxy) is 1. The van der Waals surface area contributed by atoms with Crippen molar-refractivity contribution >= 4 is 35.0 Å². The fourth-order valence-corrected chi connectivity index (χ4v) is 4.14. The van der Waals surface area contributed by atoms with Gasteiger partial charge in [0.2, 0.25) is 5.91 Å². The number of rotatable bonds is 9. The van der Waals surface area contributed by atoms with E-state index < -0.39 is 0 Å². The maximum atomic E-state index is 12.5. The predicted octanol–water partition coefficient (Wildman–Crippen LogP) is 5.35. The topological polar surface area (TPSA) is 69.0 Å². The summed E-state index contributed by atoms with van der Waals surface area (Å²) < 4.78 is 7.72. The van der Waals surface area contributed by atoms with Gasteiger partial charge in [0.1, 0.15) is 12.4 Å². The molecule has 162 valence electrons. The third-order valence-electron chi connectivity index (χ3n) is 4.52. The van der Waals surface area contributed by atoms with E-state index >= 15 is 0 Å². The Morgan fingerprint density at radius 2 is 1.94 bits per heavy atom. The number of aromatic nitrogens is 3. The van der Waals surface area contributed by atoms with E-state index in [1.54, 1.807) is 6.08 Å². The van der Waals surface area contributed by atoms with Gasteiger partial charge in [0.05, 0.1) is 16.5 Å². The highest BCUT2D eigenvalue weighted by atomic mass is 35.5. The van der Waals surface area contributed by atoms with Crippen LogP contribution in [0.1, 0.15) is 22.5 Å². The second-order valence-corrected chi connectivity index (χ2v) is 8.53. The number of halogens is 1. The minimum Gasteiger partial charge on any atom is -0.486 e. The first-order valence-corrected chi connectivity index (χ1v) is 11.2. The van der Waals surface area contributed by atoms with Crippen molar-refractivity contribution < 1.29 is 9.53 Å². The van der Waals surface area contributed by atoms with E-state index in [0.29, 0.717) is 28.2 Å². The molecule has 3 aromatic rings. The van der Waals surface area contributed by atoms with Crippen molar-refractivity contribution in [3.8, 4) is 5.75 Å². The Kier molecular flexibility index (Phi) is 7.76. The predicted molar refractivity (Wildman–Crippen MR) is 126 cm³/mol. The molecule has 0 bridgehead atoms. The molecule has 6 nitrogen and oxygen atoms in total. The summed E-state index contributed by atoms with van der Waals surface area (Å²) in [5.41, 5.74) is 3.78. The summed E-state index contributed by atoms with van der Waals surface area (Å²) in [5.74, 6) is 1.44. The number of nitrogens with zero attached hydrogens (tertiary/aromatic N) is 3. The van der Waals surface area contributed by atoms with Crippen LogP contribution in [0.3, 0.4) is 0 Å². The third-order valence-corrected chi connectivity index (χ3v) is 5.79. The number of allylic oxidation sites excluding steroid dienone is 1. The molecule has 1 aromatic heterocycles. The van der Waals surface area contributed by atoms with Gasteiger partial charge in [-0.2, -0.15) is 0 Å². The largest absolute Gasteiger partial charge is 0.486 e. The summed E-state index contributed by atoms with van der Waals surface area (Å²) in [7, 11) is 0. The van der Waals surface area contributed by atoms with Crippen LogP contribution < -0.4 is 10.1 Å². The van der Waals surface area contributed by atoms with Gasteiger partial charge in [0, 0.05) is 6.54 Å². The van der Waals surface area contributed by atoms with Gasteiger partial charge in [-0.05, 0) is 50.1 Å². The smallest absolute Gasteiger partial charge is 0.234 e. The average Bonchev–Trinajstić information content (AvgIpc) is 3.10. The number of anilines is 1. The van der Waals surface area contributed by atoms with E-state index in [0.717, 1.165) is 16.9 Å². The molecule has 1 heterocycles. The van der Waals surface area contributed by atoms with Crippen molar-refractivity contribution in [3.63, 3.8) is 0 Å². The van der Waals surface area contributed by atoms with Gasteiger partial charge < -0.3 is 10.1 Å². The van der Waals surface area contributed by atoms with Crippen molar-refractivity contribution in [1.82, 2.24) is 14.8 Å². The summed E-state index contributed by atoms with van der Waals surface area (Å²) in [4.78, 5) is 12.5. The molecule has 1 amide bonds. The minimum atomic E-state index is -0.163. The van der Waals surface area contributed by atoms with Gasteiger partial charge in [-0.15, -0.1) is 16.8 Å². The molecule has 0 aliphatic rings. The number of thioether (sulfide) groups is 1. The summed E-state index contributed by atoms with van der Waals surface area (Å²) >= 11 is 7.59. The van der Waals surface area contributed by atoms with Crippen LogP contribution in [0.25, 0.3) is 0 Å². The normalized spacial score (nSPS) is 10.7. The molecule has 8 heteroatoms. The second kappa shape index (κ2) is 10.5. The molecule has 3 rings (SSSR count). The molecule has 0 spiro atoms. The van der Waals surface area contributed by atoms with Crippen LogP contribution >= 0.6 is 23.4 Å². The molecule has 1 N–H and O–H groups in total. The minimum absolute atomic E-state index is 0.163. The summed E-state index contributed by atoms with van der Waals surface area (Å²) in [6.07, 6.45) is 1.76. The van der Waals surface area contributed by atoms with Crippen molar-refractivity contribution in [3.05, 3.63) is 76.6 Å². The molecule has 31 heavy (non-hydrogen) atoms. The Hall–Kier alpha value is -2.77. The summed E-state index contributed by atoms with van der Waals surface area (Å²) in [6.45, 7) is 10.5. The van der Waals surface area contributed by atoms with Crippen LogP contribution in [0, 0.1) is 20.8 Å². The van der Waals surface area contributed by atoms with Gasteiger partial charge in [-0.25, -0.2) is 0 Å². The molecule has 0 fully saturated rings. The molecule has 2 aromatic carbocycles. The quantitative estimate of drug-likeness (QED) is 0.347. The summed E-state index contributed by atoms with van der Waals surface area (Å²) in [5, 5.41) is 12.5. The van der Waals surface area contributed by atoms with Crippen LogP contribution in [-0.2, 0) is 17.9 Å². The summed E-state index contributed by atoms with van der Waals surface area (Å²) in [6, 6.07) is 11.6. The van der Waals surface area contributed by atoms with Crippen molar-refractivity contribution in [2.75, 3.05) is 11.1 Å². The van der Waals surface area contributed by atoms with Crippen molar-refractivity contribution in [2.45, 2.75) is 39.1 Å². The van der Waals surface area contributed by atoms with Gasteiger partial charge >= 0.3 is 0 Å². The first-order valence-electron chi connectivity index (χ1n) is 9.79. The maximum absolute atomic E-state index is 12.5. The number of carbonyl (C=O) groups excluding carboxylic acids is 1. The lowest BCUT2D eigenvalue weighted by Gasteiger charge is -2.12. The van der Waals surface area contributed by atoms with Gasteiger partial charge in [0.15, 0.2) is 11.0 Å². The number of nitrogens with one attached hydrogen (secondary N) is 1. The van der Waals surface area contributed by atoms with Crippen LogP contribution in [0.2, 0.25) is 5.02 Å². The molecular formula is C23H25ClN4O2S. The Labute approximate surface area is 191 Å². The average molecular weight is 457 g/mol. The molecule has 0 atom stereocenters. The lowest BCUT2D eigenvalue weighted by molar-refractivity contribution is -0.113. The first kappa shape index (κ1) is 22.9. The van der Waals surface area contributed by atoms with E-state index in [1.165, 1.54) is 17.3 Å². The first-order chi connectivity index (χ1) is 14.9. The number of aryl methyl sites for hydroxylation is 3. The van der Waals surface area contributed by atoms with Crippen molar-refractivity contribution in [1.29, 1.82) is 0 Å². The number of benzene rings is 2. The maximum Gasteiger partial charge on any atom is 0.234 e. The second-order valence-electron chi connectivity index (χ2n) is 7.18. The standard InChI is InChI=1S/C23H25ClN4O2S/c1-5-10-28-20(13-30-18-8-6-15(2)7-9-18)26-27-23(28)31-14-21(29)25-22-17(4)11-16(3)12-19(22)24/h5-9,11-12H,1,10,13-14H2,2-4H3,(H,25,29). The van der Waals surface area contributed by atoms with Crippen molar-refractivity contribution in [2.24, 2.45) is 0 Å². The highest BCUT2D eigenvalue weighted by molar-refractivity contribution is 7.99. The molecule has 0 aliphatic carbocycles. The van der Waals surface area contributed by atoms with Gasteiger partial charge in [0.25, 0.3) is 0 Å². The van der Waals surface area contributed by atoms with Crippen LogP contribution in [-0.4, -0.2) is 26.4 Å². The molecular weight excluding hydrogens is 432 g/mol. The zero-order chi connectivity index (χ0) is 22.4. The van der Waals surface area contributed by atoms with Crippen LogP contribution in [0.5, 0.6) is 5.75 Å². The highest BCUT2D eigenvalue weighted by Gasteiger charge is 2.15. The molecule has 0 saturated carbocycles. The van der Waals surface area contributed by atoms with Crippen LogP contribution in [0.4, 0.5) is 5.69 Å². The zero-order valence-corrected chi connectivity index (χ0v) is 19.4. The third kappa shape index (κ3) is 6.12. The van der Waals surface area contributed by atoms with E-state index in [-0.39, 0.29) is 18.3 Å². The van der Waals surface area contributed by atoms with Crippen LogP contribution in [0.15, 0.2) is 54.2 Å². The fourth-order valence-electron chi connectivity index (χ4n) is 3.01. The van der Waals surface area contributed by atoms with Gasteiger partial charge in [-0.3, -0.25) is 9.36 Å². The van der Waals surface area contributed by atoms with E-state index in [2.05, 4.69) is 22.1 Å². The monoisotopic (exact) mass is 456 g/mol. The number of amides is 1. The SMILES string of the molecule is C=CCn1c(COc2ccc(C)cc2)nnc1SCC(=O)Nc1c(C)cc(C)cc1Cl. The molecule has 0 unspecified atom stereocenters. The molecule has 0 radical (unpaired) electrons. The molecule has 0 saturated heterocycles. The lowest BCUT2D eigenvalue weighted by Crippen LogP contribution is -2.16. The zero-order valence-electron chi connectivity index (χ0n) is 17.8. The van der Waals surface area contributed by atoms with E-state index in [4.69, 9.17) is 16.3 Å². The van der Waals surface area contributed by atoms with Gasteiger partial charge in [-0.1, -0.05) is 53.2 Å². The number of hydrogen-bond acceptors (Lipinski definition) is 5. The number of carbonyl (C=O) groups is 1. The van der Waals surface area contributed by atoms with E-state index in [1.807, 2.05) is 61.7 Å². The Bertz CT molecular complexity index is 1060. The Morgan fingerprint density at radius 3 is 2.61 bits per heavy atom. The van der Waals surface area contributed by atoms with E-state index in [9.17, 15) is 4.79 Å². The molecule has 0 aliphatic heterocycles. The lowest BCUT2D eigenvalue weighted by atomic mass is 10.1. The Morgan fingerprint density at radius 1 is 1.19 bits per heavy atom. The Balaban J connectivity index is 1.64. The fraction of sp³-hybridized carbons (Fsp3) is 0.261.